The number of nitrogens with one attached hydrogen (secondary N) is 2. The number of carbonyl (C=O) groups is 1. The second-order valence-electron chi connectivity index (χ2n) is 5.50. The molecule has 0 saturated heterocycles. The maximum absolute atomic E-state index is 11.8. The topological polar surface area (TPSA) is 41.1 Å². The molecular weight excluding hydrogens is 248 g/mol. The molecular formula is C14H21ClN2O. The van der Waals surface area contributed by atoms with Gasteiger partial charge in [0.2, 0.25) is 5.91 Å². The number of hydrogen-bond acceptors (Lipinski definition) is 2. The lowest BCUT2D eigenvalue weighted by atomic mass is 9.88. The third-order valence-corrected chi connectivity index (χ3v) is 3.35. The number of halogens is 1. The lowest BCUT2D eigenvalue weighted by molar-refractivity contribution is -0.115. The van der Waals surface area contributed by atoms with Crippen molar-refractivity contribution >= 4 is 23.2 Å². The Labute approximate surface area is 114 Å². The van der Waals surface area contributed by atoms with E-state index in [1.54, 1.807) is 12.1 Å². The molecule has 0 aliphatic carbocycles. The summed E-state index contributed by atoms with van der Waals surface area (Å²) >= 11 is 5.97. The first-order valence-corrected chi connectivity index (χ1v) is 6.46. The smallest absolute Gasteiger partial charge is 0.238 e. The highest BCUT2D eigenvalue weighted by Gasteiger charge is 2.20. The molecule has 0 aliphatic heterocycles. The number of hydrogen-bond donors (Lipinski definition) is 2. The van der Waals surface area contributed by atoms with Crippen LogP contribution in [0, 0.1) is 5.41 Å². The van der Waals surface area contributed by atoms with E-state index in [4.69, 9.17) is 11.6 Å². The van der Waals surface area contributed by atoms with Gasteiger partial charge >= 0.3 is 0 Å². The number of anilines is 1. The van der Waals surface area contributed by atoms with Gasteiger partial charge < -0.3 is 10.6 Å². The molecule has 1 atom stereocenters. The molecule has 0 heterocycles. The van der Waals surface area contributed by atoms with Crippen molar-refractivity contribution in [2.75, 3.05) is 11.9 Å². The van der Waals surface area contributed by atoms with Gasteiger partial charge in [-0.2, -0.15) is 0 Å². The summed E-state index contributed by atoms with van der Waals surface area (Å²) in [5, 5.41) is 6.54. The summed E-state index contributed by atoms with van der Waals surface area (Å²) in [7, 11) is 0. The molecule has 1 rings (SSSR count). The van der Waals surface area contributed by atoms with E-state index in [9.17, 15) is 4.79 Å². The zero-order valence-corrected chi connectivity index (χ0v) is 12.1. The van der Waals surface area contributed by atoms with E-state index < -0.39 is 0 Å². The van der Waals surface area contributed by atoms with Gasteiger partial charge in [0.05, 0.1) is 17.3 Å². The number of benzene rings is 1. The van der Waals surface area contributed by atoms with E-state index in [2.05, 4.69) is 38.3 Å². The van der Waals surface area contributed by atoms with Crippen LogP contribution in [0.1, 0.15) is 27.7 Å². The molecule has 18 heavy (non-hydrogen) atoms. The van der Waals surface area contributed by atoms with Gasteiger partial charge in [-0.25, -0.2) is 0 Å². The van der Waals surface area contributed by atoms with Crippen LogP contribution in [-0.2, 0) is 4.79 Å². The molecule has 3 nitrogen and oxygen atoms in total. The van der Waals surface area contributed by atoms with E-state index in [1.807, 2.05) is 12.1 Å². The lowest BCUT2D eigenvalue weighted by Crippen LogP contribution is -2.41. The highest BCUT2D eigenvalue weighted by atomic mass is 35.5. The zero-order valence-electron chi connectivity index (χ0n) is 11.4. The molecule has 0 bridgehead atoms. The van der Waals surface area contributed by atoms with E-state index in [1.165, 1.54) is 0 Å². The molecule has 0 aromatic heterocycles. The van der Waals surface area contributed by atoms with Gasteiger partial charge in [0.1, 0.15) is 0 Å². The van der Waals surface area contributed by atoms with Gasteiger partial charge in [0.15, 0.2) is 0 Å². The van der Waals surface area contributed by atoms with Crippen molar-refractivity contribution in [1.29, 1.82) is 0 Å². The Kier molecular flexibility index (Phi) is 5.17. The highest BCUT2D eigenvalue weighted by molar-refractivity contribution is 6.33. The van der Waals surface area contributed by atoms with Crippen molar-refractivity contribution < 1.29 is 4.79 Å². The molecule has 1 unspecified atom stereocenters. The Bertz CT molecular complexity index is 413. The van der Waals surface area contributed by atoms with Gasteiger partial charge in [0.25, 0.3) is 0 Å². The zero-order chi connectivity index (χ0) is 13.8. The Morgan fingerprint density at radius 2 is 1.94 bits per heavy atom. The molecule has 0 fully saturated rings. The van der Waals surface area contributed by atoms with Crippen LogP contribution in [0.15, 0.2) is 24.3 Å². The molecule has 1 amide bonds. The van der Waals surface area contributed by atoms with E-state index >= 15 is 0 Å². The Balaban J connectivity index is 2.46. The van der Waals surface area contributed by atoms with E-state index in [-0.39, 0.29) is 23.9 Å². The predicted octanol–water partition coefficient (Wildman–Crippen LogP) is 3.30. The fraction of sp³-hybridized carbons (Fsp3) is 0.500. The summed E-state index contributed by atoms with van der Waals surface area (Å²) in [5.74, 6) is -0.0841. The number of para-hydroxylation sites is 1. The maximum atomic E-state index is 11.8. The van der Waals surface area contributed by atoms with E-state index in [0.29, 0.717) is 10.7 Å². The maximum Gasteiger partial charge on any atom is 0.238 e. The van der Waals surface area contributed by atoms with Crippen LogP contribution in [-0.4, -0.2) is 18.5 Å². The molecule has 1 aromatic carbocycles. The average molecular weight is 269 g/mol. The minimum Gasteiger partial charge on any atom is -0.324 e. The van der Waals surface area contributed by atoms with Crippen LogP contribution in [0.25, 0.3) is 0 Å². The largest absolute Gasteiger partial charge is 0.324 e. The standard InChI is InChI=1S/C14H21ClN2O/c1-10(14(2,3)4)16-9-13(18)17-12-8-6-5-7-11(12)15/h5-8,10,16H,9H2,1-4H3,(H,17,18). The van der Waals surface area contributed by atoms with Gasteiger partial charge in [-0.1, -0.05) is 44.5 Å². The van der Waals surface area contributed by atoms with Gasteiger partial charge in [-0.05, 0) is 24.5 Å². The third-order valence-electron chi connectivity index (χ3n) is 3.02. The normalized spacial score (nSPS) is 13.2. The highest BCUT2D eigenvalue weighted by Crippen LogP contribution is 2.20. The lowest BCUT2D eigenvalue weighted by Gasteiger charge is -2.28. The Hall–Kier alpha value is -1.06. The average Bonchev–Trinajstić information content (AvgIpc) is 2.27. The Morgan fingerprint density at radius 1 is 1.33 bits per heavy atom. The number of rotatable bonds is 4. The minimum absolute atomic E-state index is 0.0841. The fourth-order valence-corrected chi connectivity index (χ4v) is 1.49. The van der Waals surface area contributed by atoms with Crippen molar-refractivity contribution in [3.63, 3.8) is 0 Å². The van der Waals surface area contributed by atoms with Crippen LogP contribution >= 0.6 is 11.6 Å². The second kappa shape index (κ2) is 6.21. The molecule has 0 radical (unpaired) electrons. The first kappa shape index (κ1) is 15.0. The SMILES string of the molecule is CC(NCC(=O)Nc1ccccc1Cl)C(C)(C)C. The third kappa shape index (κ3) is 4.67. The van der Waals surface area contributed by atoms with Crippen LogP contribution < -0.4 is 10.6 Å². The van der Waals surface area contributed by atoms with E-state index in [0.717, 1.165) is 0 Å². The summed E-state index contributed by atoms with van der Waals surface area (Å²) in [5.41, 5.74) is 0.777. The minimum atomic E-state index is -0.0841. The van der Waals surface area contributed by atoms with Crippen molar-refractivity contribution in [1.82, 2.24) is 5.32 Å². The van der Waals surface area contributed by atoms with Crippen LogP contribution in [0.5, 0.6) is 0 Å². The monoisotopic (exact) mass is 268 g/mol. The van der Waals surface area contributed by atoms with Crippen LogP contribution in [0.4, 0.5) is 5.69 Å². The van der Waals surface area contributed by atoms with Gasteiger partial charge in [0, 0.05) is 6.04 Å². The molecule has 2 N–H and O–H groups in total. The molecule has 0 spiro atoms. The van der Waals surface area contributed by atoms with Crippen molar-refractivity contribution in [3.05, 3.63) is 29.3 Å². The summed E-state index contributed by atoms with van der Waals surface area (Å²) in [4.78, 5) is 11.8. The fourth-order valence-electron chi connectivity index (χ4n) is 1.31. The molecule has 1 aromatic rings. The van der Waals surface area contributed by atoms with Gasteiger partial charge in [-0.3, -0.25) is 4.79 Å². The molecule has 0 saturated carbocycles. The summed E-state index contributed by atoms with van der Waals surface area (Å²) in [6.45, 7) is 8.76. The van der Waals surface area contributed by atoms with Crippen LogP contribution in [0.3, 0.4) is 0 Å². The van der Waals surface area contributed by atoms with Crippen LogP contribution in [0.2, 0.25) is 5.02 Å². The van der Waals surface area contributed by atoms with Gasteiger partial charge in [-0.15, -0.1) is 0 Å². The molecule has 0 aliphatic rings. The second-order valence-corrected chi connectivity index (χ2v) is 5.90. The van der Waals surface area contributed by atoms with Crippen molar-refractivity contribution in [2.45, 2.75) is 33.7 Å². The summed E-state index contributed by atoms with van der Waals surface area (Å²) < 4.78 is 0. The number of carbonyl (C=O) groups excluding carboxylic acids is 1. The summed E-state index contributed by atoms with van der Waals surface area (Å²) in [6, 6.07) is 7.47. The number of amides is 1. The quantitative estimate of drug-likeness (QED) is 0.880. The Morgan fingerprint density at radius 3 is 2.50 bits per heavy atom. The molecule has 4 heteroatoms. The predicted molar refractivity (Wildman–Crippen MR) is 77.0 cm³/mol. The van der Waals surface area contributed by atoms with Crippen molar-refractivity contribution in [2.24, 2.45) is 5.41 Å². The first-order chi connectivity index (χ1) is 8.30. The molecule has 100 valence electrons. The van der Waals surface area contributed by atoms with Crippen molar-refractivity contribution in [3.8, 4) is 0 Å². The summed E-state index contributed by atoms with van der Waals surface area (Å²) in [6.07, 6.45) is 0. The first-order valence-electron chi connectivity index (χ1n) is 6.08.